The van der Waals surface area contributed by atoms with Crippen molar-refractivity contribution >= 4 is 39.8 Å². The van der Waals surface area contributed by atoms with Crippen molar-refractivity contribution < 1.29 is 0 Å². The molecule has 5 rings (SSSR count). The number of para-hydroxylation sites is 1. The molecule has 0 saturated carbocycles. The fourth-order valence-electron chi connectivity index (χ4n) is 3.61. The number of halogens is 1. The third-order valence-corrected chi connectivity index (χ3v) is 5.52. The predicted molar refractivity (Wildman–Crippen MR) is 118 cm³/mol. The smallest absolute Gasteiger partial charge is 0.143 e. The van der Waals surface area contributed by atoms with Gasteiger partial charge in [-0.3, -0.25) is 14.4 Å². The average molecular weight is 400 g/mol. The second-order valence-electron chi connectivity index (χ2n) is 6.94. The van der Waals surface area contributed by atoms with E-state index in [-0.39, 0.29) is 0 Å². The number of imidazole rings is 1. The fraction of sp³-hybridized carbons (Fsp3) is 0.0870. The summed E-state index contributed by atoms with van der Waals surface area (Å²) in [4.78, 5) is 14.0. The summed E-state index contributed by atoms with van der Waals surface area (Å²) < 4.78 is 2.12. The van der Waals surface area contributed by atoms with Gasteiger partial charge in [0.15, 0.2) is 0 Å². The Balaban J connectivity index is 1.81. The van der Waals surface area contributed by atoms with E-state index in [1.165, 1.54) is 0 Å². The number of nitrogens with one attached hydrogen (secondary N) is 1. The Bertz CT molecular complexity index is 1370. The first-order chi connectivity index (χ1) is 14.1. The van der Waals surface area contributed by atoms with Crippen LogP contribution in [-0.2, 0) is 0 Å². The first-order valence-electron chi connectivity index (χ1n) is 9.34. The lowest BCUT2D eigenvalue weighted by molar-refractivity contribution is 1.09. The van der Waals surface area contributed by atoms with Gasteiger partial charge in [-0.2, -0.15) is 0 Å². The Labute approximate surface area is 173 Å². The molecule has 29 heavy (non-hydrogen) atoms. The molecule has 5 aromatic rings. The minimum atomic E-state index is 0.720. The van der Waals surface area contributed by atoms with Gasteiger partial charge in [0.2, 0.25) is 0 Å². The largest absolute Gasteiger partial charge is 0.339 e. The van der Waals surface area contributed by atoms with Crippen LogP contribution < -0.4 is 5.32 Å². The second kappa shape index (κ2) is 6.87. The van der Waals surface area contributed by atoms with Gasteiger partial charge in [0, 0.05) is 34.4 Å². The van der Waals surface area contributed by atoms with Crippen LogP contribution in [0.15, 0.2) is 67.0 Å². The summed E-state index contributed by atoms with van der Waals surface area (Å²) in [5, 5.41) is 4.30. The number of hydrogen-bond acceptors (Lipinski definition) is 4. The highest BCUT2D eigenvalue weighted by molar-refractivity contribution is 6.31. The minimum Gasteiger partial charge on any atom is -0.339 e. The summed E-state index contributed by atoms with van der Waals surface area (Å²) in [6, 6.07) is 17.9. The average Bonchev–Trinajstić information content (AvgIpc) is 3.10. The van der Waals surface area contributed by atoms with Crippen LogP contribution in [0.4, 0.5) is 11.5 Å². The molecule has 0 radical (unpaired) electrons. The molecule has 1 N–H and O–H groups in total. The minimum absolute atomic E-state index is 0.720. The molecule has 5 nitrogen and oxygen atoms in total. The summed E-state index contributed by atoms with van der Waals surface area (Å²) in [7, 11) is 0. The molecular formula is C23H18ClN5. The molecule has 0 saturated heterocycles. The zero-order chi connectivity index (χ0) is 20.0. The number of benzene rings is 2. The van der Waals surface area contributed by atoms with E-state index in [9.17, 15) is 0 Å². The van der Waals surface area contributed by atoms with E-state index in [0.29, 0.717) is 0 Å². The van der Waals surface area contributed by atoms with Crippen LogP contribution in [0.3, 0.4) is 0 Å². The lowest BCUT2D eigenvalue weighted by Gasteiger charge is -2.14. The van der Waals surface area contributed by atoms with Crippen LogP contribution in [0.1, 0.15) is 11.3 Å². The molecule has 6 heteroatoms. The van der Waals surface area contributed by atoms with Crippen LogP contribution in [0.5, 0.6) is 0 Å². The molecule has 0 bridgehead atoms. The molecular weight excluding hydrogens is 382 g/mol. The number of pyridine rings is 1. The summed E-state index contributed by atoms with van der Waals surface area (Å²) in [6.07, 6.45) is 3.41. The van der Waals surface area contributed by atoms with Crippen molar-refractivity contribution in [2.24, 2.45) is 0 Å². The molecule has 3 aromatic heterocycles. The van der Waals surface area contributed by atoms with E-state index in [4.69, 9.17) is 16.6 Å². The first-order valence-corrected chi connectivity index (χ1v) is 9.71. The Hall–Kier alpha value is -3.44. The molecule has 0 spiro atoms. The molecule has 3 heterocycles. The number of aryl methyl sites for hydroxylation is 1. The van der Waals surface area contributed by atoms with Gasteiger partial charge >= 0.3 is 0 Å². The van der Waals surface area contributed by atoms with Crippen molar-refractivity contribution in [2.45, 2.75) is 13.8 Å². The fourth-order valence-corrected chi connectivity index (χ4v) is 3.79. The van der Waals surface area contributed by atoms with Crippen LogP contribution in [0, 0.1) is 13.8 Å². The third kappa shape index (κ3) is 2.91. The monoisotopic (exact) mass is 399 g/mol. The van der Waals surface area contributed by atoms with Gasteiger partial charge in [0.25, 0.3) is 0 Å². The SMILES string of the molecule is Cc1c(Cl)cccc1Nc1c(-c2cccc3nccnc23)nc2cccc(C)n12. The van der Waals surface area contributed by atoms with Crippen LogP contribution in [0.25, 0.3) is 27.9 Å². The van der Waals surface area contributed by atoms with E-state index in [1.807, 2.05) is 55.5 Å². The van der Waals surface area contributed by atoms with Gasteiger partial charge in [-0.15, -0.1) is 0 Å². The number of aromatic nitrogens is 4. The van der Waals surface area contributed by atoms with Crippen molar-refractivity contribution in [1.82, 2.24) is 19.4 Å². The van der Waals surface area contributed by atoms with E-state index < -0.39 is 0 Å². The van der Waals surface area contributed by atoms with Crippen LogP contribution >= 0.6 is 11.6 Å². The standard InChI is InChI=1S/C23H18ClN5/c1-14-6-3-11-20-28-22(16-7-4-10-19-21(16)26-13-12-25-19)23(29(14)20)27-18-9-5-8-17(24)15(18)2/h3-13,27H,1-2H3. The summed E-state index contributed by atoms with van der Waals surface area (Å²) in [6.45, 7) is 4.07. The number of hydrogen-bond donors (Lipinski definition) is 1. The Kier molecular flexibility index (Phi) is 4.18. The van der Waals surface area contributed by atoms with Gasteiger partial charge in [0.05, 0.1) is 11.0 Å². The zero-order valence-corrected chi connectivity index (χ0v) is 16.8. The van der Waals surface area contributed by atoms with Crippen LogP contribution in [-0.4, -0.2) is 19.4 Å². The van der Waals surface area contributed by atoms with Crippen LogP contribution in [0.2, 0.25) is 5.02 Å². The van der Waals surface area contributed by atoms with E-state index in [1.54, 1.807) is 12.4 Å². The first kappa shape index (κ1) is 17.6. The van der Waals surface area contributed by atoms with Crippen molar-refractivity contribution in [3.63, 3.8) is 0 Å². The number of nitrogens with zero attached hydrogens (tertiary/aromatic N) is 4. The molecule has 0 aliphatic rings. The van der Waals surface area contributed by atoms with Gasteiger partial charge in [-0.1, -0.05) is 35.9 Å². The second-order valence-corrected chi connectivity index (χ2v) is 7.34. The van der Waals surface area contributed by atoms with Gasteiger partial charge in [-0.05, 0) is 49.7 Å². The van der Waals surface area contributed by atoms with E-state index in [0.717, 1.165) is 55.7 Å². The maximum atomic E-state index is 6.36. The molecule has 0 atom stereocenters. The van der Waals surface area contributed by atoms with Crippen molar-refractivity contribution in [3.05, 3.63) is 83.3 Å². The maximum absolute atomic E-state index is 6.36. The summed E-state index contributed by atoms with van der Waals surface area (Å²) >= 11 is 6.36. The maximum Gasteiger partial charge on any atom is 0.143 e. The van der Waals surface area contributed by atoms with Gasteiger partial charge < -0.3 is 5.32 Å². The summed E-state index contributed by atoms with van der Waals surface area (Å²) in [5.74, 6) is 0.876. The highest BCUT2D eigenvalue weighted by Crippen LogP contribution is 2.36. The molecule has 0 unspecified atom stereocenters. The number of anilines is 2. The molecule has 2 aromatic carbocycles. The highest BCUT2D eigenvalue weighted by Gasteiger charge is 2.19. The lowest BCUT2D eigenvalue weighted by Crippen LogP contribution is -2.01. The molecule has 0 fully saturated rings. The van der Waals surface area contributed by atoms with E-state index >= 15 is 0 Å². The summed E-state index contributed by atoms with van der Waals surface area (Å²) in [5.41, 5.74) is 7.28. The number of fused-ring (bicyclic) bond motifs is 2. The van der Waals surface area contributed by atoms with Crippen molar-refractivity contribution in [2.75, 3.05) is 5.32 Å². The Morgan fingerprint density at radius 3 is 2.59 bits per heavy atom. The topological polar surface area (TPSA) is 55.1 Å². The Morgan fingerprint density at radius 2 is 1.69 bits per heavy atom. The normalized spacial score (nSPS) is 11.3. The molecule has 0 aliphatic heterocycles. The van der Waals surface area contributed by atoms with Crippen molar-refractivity contribution in [3.8, 4) is 11.3 Å². The predicted octanol–water partition coefficient (Wildman–Crippen LogP) is 5.96. The quantitative estimate of drug-likeness (QED) is 0.406. The van der Waals surface area contributed by atoms with Crippen molar-refractivity contribution in [1.29, 1.82) is 0 Å². The zero-order valence-electron chi connectivity index (χ0n) is 16.0. The molecule has 0 aliphatic carbocycles. The number of rotatable bonds is 3. The van der Waals surface area contributed by atoms with Gasteiger partial charge in [-0.25, -0.2) is 4.98 Å². The lowest BCUT2D eigenvalue weighted by atomic mass is 10.1. The molecule has 0 amide bonds. The third-order valence-electron chi connectivity index (χ3n) is 5.11. The Morgan fingerprint density at radius 1 is 0.897 bits per heavy atom. The van der Waals surface area contributed by atoms with Gasteiger partial charge in [0.1, 0.15) is 17.2 Å². The highest BCUT2D eigenvalue weighted by atomic mass is 35.5. The van der Waals surface area contributed by atoms with E-state index in [2.05, 4.69) is 32.7 Å². The molecule has 142 valence electrons.